The number of ketones is 1. The standard InChI is InChI=1S/C31H23N2.C11H20O2.Ir/c1-17-13-24-21(18(2)33-17)9-10-22-23-11-12-32-30-26-14-19-7-5-6-8-20(19)15-27(26)31(3,4)28(29(23)30)16-25(22)24;1-10(2,3)8(12)7-9(13)11(4,5)6;/h5-13,15-16H,1-4H3;7,12H,1-6H3;/q-1;;/b;8-7-;. The number of carbonyl (C=O) groups excluding carboxylic acids is 1. The van der Waals surface area contributed by atoms with Gasteiger partial charge in [-0.05, 0) is 63.9 Å². The van der Waals surface area contributed by atoms with Crippen LogP contribution >= 0.6 is 0 Å². The van der Waals surface area contributed by atoms with Crippen molar-refractivity contribution in [2.75, 3.05) is 0 Å². The van der Waals surface area contributed by atoms with Crippen molar-refractivity contribution in [2.45, 2.75) is 74.7 Å². The molecule has 0 bridgehead atoms. The number of carbonyl (C=O) groups is 1. The number of aromatic nitrogens is 2. The quantitative estimate of drug-likeness (QED) is 0.0779. The van der Waals surface area contributed by atoms with E-state index in [4.69, 9.17) is 9.97 Å². The van der Waals surface area contributed by atoms with Crippen LogP contribution in [-0.4, -0.2) is 20.9 Å². The zero-order chi connectivity index (χ0) is 33.3. The van der Waals surface area contributed by atoms with E-state index < -0.39 is 5.41 Å². The van der Waals surface area contributed by atoms with Crippen molar-refractivity contribution in [3.8, 4) is 11.3 Å². The van der Waals surface area contributed by atoms with E-state index in [1.54, 1.807) is 0 Å². The van der Waals surface area contributed by atoms with E-state index in [-0.39, 0.29) is 42.5 Å². The topological polar surface area (TPSA) is 63.1 Å². The van der Waals surface area contributed by atoms with E-state index in [1.807, 2.05) is 47.7 Å². The molecule has 47 heavy (non-hydrogen) atoms. The van der Waals surface area contributed by atoms with E-state index in [1.165, 1.54) is 54.9 Å². The molecule has 7 rings (SSSR count). The van der Waals surface area contributed by atoms with Crippen LogP contribution in [0.2, 0.25) is 0 Å². The number of hydrogen-bond acceptors (Lipinski definition) is 4. The van der Waals surface area contributed by atoms with Crippen LogP contribution in [0, 0.1) is 30.7 Å². The summed E-state index contributed by atoms with van der Waals surface area (Å²) in [4.78, 5) is 21.1. The van der Waals surface area contributed by atoms with Crippen LogP contribution in [0.15, 0.2) is 78.7 Å². The summed E-state index contributed by atoms with van der Waals surface area (Å²) in [6.07, 6.45) is 3.29. The summed E-state index contributed by atoms with van der Waals surface area (Å²) in [7, 11) is 0. The van der Waals surface area contributed by atoms with E-state index in [0.29, 0.717) is 0 Å². The van der Waals surface area contributed by atoms with Gasteiger partial charge in [-0.25, -0.2) is 0 Å². The molecule has 4 nitrogen and oxygen atoms in total. The number of rotatable bonds is 1. The van der Waals surface area contributed by atoms with E-state index >= 15 is 0 Å². The van der Waals surface area contributed by atoms with Gasteiger partial charge in [-0.3, -0.25) is 14.8 Å². The third-order valence-corrected chi connectivity index (χ3v) is 9.32. The van der Waals surface area contributed by atoms with Crippen LogP contribution in [-0.2, 0) is 30.3 Å². The molecular formula is C42H43IrN2O2-. The normalized spacial score (nSPS) is 14.0. The molecule has 0 saturated heterocycles. The van der Waals surface area contributed by atoms with Gasteiger partial charge in [-0.2, -0.15) is 0 Å². The number of hydrogen-bond donors (Lipinski definition) is 1. The Morgan fingerprint density at radius 2 is 1.47 bits per heavy atom. The molecule has 5 heteroatoms. The zero-order valence-electron chi connectivity index (χ0n) is 29.0. The molecule has 0 fully saturated rings. The number of aryl methyl sites for hydroxylation is 2. The number of allylic oxidation sites excluding steroid dienone is 2. The van der Waals surface area contributed by atoms with Crippen molar-refractivity contribution in [3.63, 3.8) is 0 Å². The Bertz CT molecular complexity index is 2250. The summed E-state index contributed by atoms with van der Waals surface area (Å²) in [5.41, 5.74) is 6.02. The zero-order valence-corrected chi connectivity index (χ0v) is 31.4. The van der Waals surface area contributed by atoms with Crippen molar-refractivity contribution in [1.29, 1.82) is 0 Å². The summed E-state index contributed by atoms with van der Waals surface area (Å²) in [6.45, 7) is 20.0. The van der Waals surface area contributed by atoms with Gasteiger partial charge in [0.1, 0.15) is 5.76 Å². The number of pyridine rings is 2. The predicted molar refractivity (Wildman–Crippen MR) is 193 cm³/mol. The summed E-state index contributed by atoms with van der Waals surface area (Å²) < 4.78 is 0. The number of aliphatic hydroxyl groups excluding tert-OH is 1. The minimum Gasteiger partial charge on any atom is -0.512 e. The van der Waals surface area contributed by atoms with Crippen LogP contribution in [0.4, 0.5) is 0 Å². The Balaban J connectivity index is 0.000000267. The predicted octanol–water partition coefficient (Wildman–Crippen LogP) is 10.9. The van der Waals surface area contributed by atoms with Gasteiger partial charge in [0.2, 0.25) is 0 Å². The summed E-state index contributed by atoms with van der Waals surface area (Å²) in [5, 5.41) is 19.5. The molecule has 243 valence electrons. The summed E-state index contributed by atoms with van der Waals surface area (Å²) in [5.74, 6) is 0.104. The molecule has 2 aromatic heterocycles. The molecule has 4 aromatic carbocycles. The molecule has 0 amide bonds. The first-order valence-corrected chi connectivity index (χ1v) is 16.0. The SMILES string of the molecule is CC(C)(C)C(=O)/C=C(\O)C(C)(C)C.Cc1cc2c(ccc3c4ccnc5c4c(cc23)C(C)(C)c2cc3ccccc3[c-]c2-5)c(C)n1.[Ir]. The van der Waals surface area contributed by atoms with Gasteiger partial charge in [0.25, 0.3) is 0 Å². The second kappa shape index (κ2) is 12.0. The van der Waals surface area contributed by atoms with Crippen LogP contribution < -0.4 is 0 Å². The van der Waals surface area contributed by atoms with Gasteiger partial charge >= 0.3 is 0 Å². The van der Waals surface area contributed by atoms with Gasteiger partial charge in [0.15, 0.2) is 5.78 Å². The molecule has 0 aliphatic heterocycles. The molecular weight excluding hydrogens is 757 g/mol. The summed E-state index contributed by atoms with van der Waals surface area (Å²) >= 11 is 0. The maximum atomic E-state index is 11.5. The van der Waals surface area contributed by atoms with Crippen LogP contribution in [0.25, 0.3) is 54.3 Å². The molecule has 1 aliphatic rings. The Hall–Kier alpha value is -3.92. The number of aliphatic hydroxyl groups is 1. The van der Waals surface area contributed by atoms with Gasteiger partial charge < -0.3 is 5.11 Å². The Morgan fingerprint density at radius 1 is 0.809 bits per heavy atom. The van der Waals surface area contributed by atoms with Crippen molar-refractivity contribution in [1.82, 2.24) is 9.97 Å². The fourth-order valence-electron chi connectivity index (χ4n) is 6.47. The average molecular weight is 800 g/mol. The maximum absolute atomic E-state index is 11.5. The van der Waals surface area contributed by atoms with Gasteiger partial charge in [0.05, 0.1) is 0 Å². The van der Waals surface area contributed by atoms with Gasteiger partial charge in [0, 0.05) is 65.7 Å². The summed E-state index contributed by atoms with van der Waals surface area (Å²) in [6, 6.07) is 25.9. The molecule has 0 atom stereocenters. The molecule has 1 radical (unpaired) electrons. The van der Waals surface area contributed by atoms with Crippen LogP contribution in [0.1, 0.15) is 77.9 Å². The molecule has 0 unspecified atom stereocenters. The average Bonchev–Trinajstić information content (AvgIpc) is 2.98. The first-order valence-electron chi connectivity index (χ1n) is 16.0. The van der Waals surface area contributed by atoms with E-state index in [0.717, 1.165) is 28.0 Å². The third-order valence-electron chi connectivity index (χ3n) is 9.32. The fraction of sp³-hybridized carbons (Fsp3) is 0.310. The van der Waals surface area contributed by atoms with Crippen molar-refractivity contribution >= 4 is 48.9 Å². The Morgan fingerprint density at radius 3 is 2.15 bits per heavy atom. The van der Waals surface area contributed by atoms with Crippen molar-refractivity contribution < 1.29 is 30.0 Å². The number of fused-ring (bicyclic) bond motifs is 7. The molecule has 6 aromatic rings. The van der Waals surface area contributed by atoms with Crippen molar-refractivity contribution in [2.24, 2.45) is 10.8 Å². The van der Waals surface area contributed by atoms with Gasteiger partial charge in [-0.1, -0.05) is 108 Å². The van der Waals surface area contributed by atoms with E-state index in [9.17, 15) is 9.90 Å². The molecule has 1 N–H and O–H groups in total. The second-order valence-electron chi connectivity index (χ2n) is 15.3. The molecule has 0 saturated carbocycles. The number of nitrogens with zero attached hydrogens (tertiary/aromatic N) is 2. The monoisotopic (exact) mass is 800 g/mol. The molecule has 2 heterocycles. The Kier molecular flexibility index (Phi) is 8.75. The molecule has 0 spiro atoms. The minimum absolute atomic E-state index is 0. The van der Waals surface area contributed by atoms with Gasteiger partial charge in [-0.15, -0.1) is 23.6 Å². The third kappa shape index (κ3) is 6.01. The first-order chi connectivity index (χ1) is 21.5. The maximum Gasteiger partial charge on any atom is 0.164 e. The first kappa shape index (κ1) is 34.4. The smallest absolute Gasteiger partial charge is 0.164 e. The number of benzene rings is 4. The largest absolute Gasteiger partial charge is 0.512 e. The van der Waals surface area contributed by atoms with Crippen molar-refractivity contribution in [3.05, 3.63) is 107 Å². The Labute approximate surface area is 291 Å². The second-order valence-corrected chi connectivity index (χ2v) is 15.3. The van der Waals surface area contributed by atoms with E-state index in [2.05, 4.69) is 94.4 Å². The van der Waals surface area contributed by atoms with Crippen LogP contribution in [0.5, 0.6) is 0 Å². The molecule has 1 aliphatic carbocycles. The fourth-order valence-corrected chi connectivity index (χ4v) is 6.47. The van der Waals surface area contributed by atoms with Crippen LogP contribution in [0.3, 0.4) is 0 Å². The minimum atomic E-state index is -0.417.